The van der Waals surface area contributed by atoms with E-state index in [1.54, 1.807) is 5.57 Å². The fourth-order valence-electron chi connectivity index (χ4n) is 7.90. The molecule has 2 aliphatic rings. The number of benzene rings is 4. The summed E-state index contributed by atoms with van der Waals surface area (Å²) in [5.74, 6) is 0. The highest BCUT2D eigenvalue weighted by Gasteiger charge is 2.23. The summed E-state index contributed by atoms with van der Waals surface area (Å²) in [6, 6.07) is 32.0. The second-order valence-corrected chi connectivity index (χ2v) is 12.9. The van der Waals surface area contributed by atoms with E-state index in [0.29, 0.717) is 0 Å². The van der Waals surface area contributed by atoms with Crippen LogP contribution in [0.5, 0.6) is 0 Å². The lowest BCUT2D eigenvalue weighted by molar-refractivity contribution is 0.851. The van der Waals surface area contributed by atoms with Crippen LogP contribution in [0.15, 0.2) is 120 Å². The van der Waals surface area contributed by atoms with Crippen molar-refractivity contribution in [1.82, 2.24) is 4.57 Å². The highest BCUT2D eigenvalue weighted by atomic mass is 15.0. The van der Waals surface area contributed by atoms with Crippen LogP contribution in [0.1, 0.15) is 89.0 Å². The van der Waals surface area contributed by atoms with Crippen LogP contribution in [-0.2, 0) is 6.42 Å². The number of aromatic nitrogens is 1. The highest BCUT2D eigenvalue weighted by molar-refractivity contribution is 6.15. The molecule has 0 spiro atoms. The van der Waals surface area contributed by atoms with Crippen molar-refractivity contribution >= 4 is 44.2 Å². The fourth-order valence-corrected chi connectivity index (χ4v) is 7.90. The zero-order chi connectivity index (χ0) is 31.8. The Morgan fingerprint density at radius 2 is 1.59 bits per heavy atom. The molecule has 0 N–H and O–H groups in total. The normalized spacial score (nSPS) is 15.8. The van der Waals surface area contributed by atoms with E-state index in [2.05, 4.69) is 148 Å². The summed E-state index contributed by atoms with van der Waals surface area (Å²) in [6.07, 6.45) is 15.8. The quantitative estimate of drug-likeness (QED) is 0.175. The Labute approximate surface area is 275 Å². The molecular formula is C45H45N. The molecule has 1 heterocycles. The predicted octanol–water partition coefficient (Wildman–Crippen LogP) is 13.1. The van der Waals surface area contributed by atoms with Crippen LogP contribution >= 0.6 is 0 Å². The molecule has 1 aromatic heterocycles. The Morgan fingerprint density at radius 1 is 0.783 bits per heavy atom. The van der Waals surface area contributed by atoms with Crippen molar-refractivity contribution in [3.8, 4) is 11.1 Å². The average molecular weight is 600 g/mol. The molecule has 0 saturated carbocycles. The Morgan fingerprint density at radius 3 is 2.35 bits per heavy atom. The first-order valence-electron chi connectivity index (χ1n) is 17.2. The van der Waals surface area contributed by atoms with Crippen LogP contribution in [0.4, 0.5) is 0 Å². The average Bonchev–Trinajstić information content (AvgIpc) is 3.54. The van der Waals surface area contributed by atoms with Gasteiger partial charge in [0.25, 0.3) is 0 Å². The van der Waals surface area contributed by atoms with Gasteiger partial charge in [-0.25, -0.2) is 0 Å². The first kappa shape index (κ1) is 30.1. The molecule has 0 aliphatic heterocycles. The molecule has 0 bridgehead atoms. The third-order valence-electron chi connectivity index (χ3n) is 10.2. The van der Waals surface area contributed by atoms with Crippen LogP contribution in [0.3, 0.4) is 0 Å². The minimum atomic E-state index is 0.978. The molecule has 1 heteroatoms. The van der Waals surface area contributed by atoms with Crippen LogP contribution in [0, 0.1) is 0 Å². The van der Waals surface area contributed by atoms with Gasteiger partial charge in [-0.2, -0.15) is 0 Å². The Kier molecular flexibility index (Phi) is 8.26. The van der Waals surface area contributed by atoms with Gasteiger partial charge >= 0.3 is 0 Å². The minimum Gasteiger partial charge on any atom is -0.313 e. The molecule has 0 radical (unpaired) electrons. The van der Waals surface area contributed by atoms with E-state index in [0.717, 1.165) is 38.5 Å². The van der Waals surface area contributed by atoms with Gasteiger partial charge in [-0.1, -0.05) is 116 Å². The lowest BCUT2D eigenvalue weighted by atomic mass is 9.91. The zero-order valence-corrected chi connectivity index (χ0v) is 28.1. The van der Waals surface area contributed by atoms with Gasteiger partial charge in [-0.05, 0) is 122 Å². The van der Waals surface area contributed by atoms with Crippen molar-refractivity contribution in [1.29, 1.82) is 0 Å². The van der Waals surface area contributed by atoms with E-state index in [9.17, 15) is 0 Å². The molecule has 46 heavy (non-hydrogen) atoms. The zero-order valence-electron chi connectivity index (χ0n) is 28.1. The number of allylic oxidation sites excluding steroid dienone is 10. The lowest BCUT2D eigenvalue weighted by Gasteiger charge is -2.17. The van der Waals surface area contributed by atoms with Crippen molar-refractivity contribution in [3.63, 3.8) is 0 Å². The molecule has 0 saturated heterocycles. The first-order chi connectivity index (χ1) is 22.6. The fraction of sp³-hybridized carbons (Fsp3) is 0.244. The van der Waals surface area contributed by atoms with Crippen molar-refractivity contribution < 1.29 is 0 Å². The van der Waals surface area contributed by atoms with Gasteiger partial charge in [0.05, 0.1) is 11.0 Å². The van der Waals surface area contributed by atoms with Crippen molar-refractivity contribution in [2.45, 2.75) is 73.1 Å². The maximum Gasteiger partial charge on any atom is 0.0613 e. The summed E-state index contributed by atoms with van der Waals surface area (Å²) in [7, 11) is 0. The van der Waals surface area contributed by atoms with Crippen molar-refractivity contribution in [2.24, 2.45) is 0 Å². The second kappa shape index (κ2) is 12.6. The van der Waals surface area contributed by atoms with Gasteiger partial charge in [0, 0.05) is 22.0 Å². The Bertz CT molecular complexity index is 2120. The van der Waals surface area contributed by atoms with Gasteiger partial charge in [0.15, 0.2) is 0 Å². The highest BCUT2D eigenvalue weighted by Crippen LogP contribution is 2.44. The predicted molar refractivity (Wildman–Crippen MR) is 202 cm³/mol. The molecule has 0 fully saturated rings. The van der Waals surface area contributed by atoms with Gasteiger partial charge in [-0.3, -0.25) is 0 Å². The van der Waals surface area contributed by atoms with E-state index >= 15 is 0 Å². The SMILES string of the molecule is C/C=C\C1=C(CC)Cc2cc(C3=C(C)CCCC(c4cc(-c5ccccc5)cc5c6ccccc6n(/C(=C/C)CC)c45)=C3)ccc21. The maximum absolute atomic E-state index is 2.55. The molecule has 2 aliphatic carbocycles. The number of fused-ring (bicyclic) bond motifs is 4. The van der Waals surface area contributed by atoms with E-state index in [4.69, 9.17) is 0 Å². The van der Waals surface area contributed by atoms with Gasteiger partial charge in [0.2, 0.25) is 0 Å². The minimum absolute atomic E-state index is 0.978. The smallest absolute Gasteiger partial charge is 0.0613 e. The monoisotopic (exact) mass is 599 g/mol. The Hall–Kier alpha value is -4.62. The summed E-state index contributed by atoms with van der Waals surface area (Å²) in [5.41, 5.74) is 19.4. The van der Waals surface area contributed by atoms with Gasteiger partial charge in [-0.15, -0.1) is 0 Å². The summed E-state index contributed by atoms with van der Waals surface area (Å²) in [5, 5.41) is 2.65. The van der Waals surface area contributed by atoms with E-state index in [1.165, 1.54) is 83.2 Å². The molecule has 7 rings (SSSR count). The number of rotatable bonds is 7. The van der Waals surface area contributed by atoms with Gasteiger partial charge < -0.3 is 4.57 Å². The van der Waals surface area contributed by atoms with E-state index in [1.807, 2.05) is 0 Å². The molecular weight excluding hydrogens is 555 g/mol. The van der Waals surface area contributed by atoms with Crippen LogP contribution in [0.2, 0.25) is 0 Å². The number of hydrogen-bond donors (Lipinski definition) is 0. The third-order valence-corrected chi connectivity index (χ3v) is 10.2. The second-order valence-electron chi connectivity index (χ2n) is 12.9. The van der Waals surface area contributed by atoms with E-state index in [-0.39, 0.29) is 0 Å². The largest absolute Gasteiger partial charge is 0.313 e. The summed E-state index contributed by atoms with van der Waals surface area (Å²) in [6.45, 7) is 11.2. The lowest BCUT2D eigenvalue weighted by Crippen LogP contribution is -1.99. The molecule has 5 aromatic rings. The van der Waals surface area contributed by atoms with E-state index < -0.39 is 0 Å². The summed E-state index contributed by atoms with van der Waals surface area (Å²) < 4.78 is 2.55. The molecule has 230 valence electrons. The van der Waals surface area contributed by atoms with Crippen molar-refractivity contribution in [2.75, 3.05) is 0 Å². The maximum atomic E-state index is 2.55. The van der Waals surface area contributed by atoms with Crippen LogP contribution in [0.25, 0.3) is 55.3 Å². The molecule has 4 aromatic carbocycles. The standard InChI is InChI=1S/C45H45N/c1-6-16-38-31(7-2)25-36-26-34(23-24-39(36)38)41-27-33(20-15-17-30(41)5)42-28-35(32-18-11-10-12-19-32)29-43-40-21-13-14-22-44(40)46(45(42)43)37(8-3)9-4/h6,8,10-14,16,18-19,21-24,26-29H,7,9,15,17,20,25H2,1-5H3/b16-6-,37-8+. The third kappa shape index (κ3) is 5.13. The number of para-hydroxylation sites is 1. The number of hydrogen-bond acceptors (Lipinski definition) is 0. The number of nitrogens with zero attached hydrogens (tertiary/aromatic N) is 1. The first-order valence-corrected chi connectivity index (χ1v) is 17.2. The Balaban J connectivity index is 1.47. The van der Waals surface area contributed by atoms with Crippen molar-refractivity contribution in [3.05, 3.63) is 143 Å². The summed E-state index contributed by atoms with van der Waals surface area (Å²) in [4.78, 5) is 0. The van der Waals surface area contributed by atoms with Crippen LogP contribution < -0.4 is 0 Å². The molecule has 0 amide bonds. The molecule has 0 atom stereocenters. The summed E-state index contributed by atoms with van der Waals surface area (Å²) >= 11 is 0. The molecule has 0 unspecified atom stereocenters. The van der Waals surface area contributed by atoms with Gasteiger partial charge in [0.1, 0.15) is 0 Å². The molecule has 1 nitrogen and oxygen atoms in total. The topological polar surface area (TPSA) is 4.93 Å². The van der Waals surface area contributed by atoms with Crippen LogP contribution in [-0.4, -0.2) is 4.57 Å².